The van der Waals surface area contributed by atoms with E-state index in [9.17, 15) is 9.59 Å². The van der Waals surface area contributed by atoms with Crippen molar-refractivity contribution in [2.45, 2.75) is 12.8 Å². The fraction of sp³-hybridized carbons (Fsp3) is 0.455. The third-order valence-corrected chi connectivity index (χ3v) is 4.12. The molecule has 3 nitrogen and oxygen atoms in total. The third kappa shape index (κ3) is 9.86. The van der Waals surface area contributed by atoms with Crippen LogP contribution in [0.15, 0.2) is 25.3 Å². The van der Waals surface area contributed by atoms with Gasteiger partial charge >= 0.3 is 0 Å². The lowest BCUT2D eigenvalue weighted by Crippen LogP contribution is -2.23. The SMILES string of the molecule is C=CC(=O)CCCSSCCNC(=O)C=C. The molecule has 0 aliphatic rings. The number of carbonyl (C=O) groups is 2. The van der Waals surface area contributed by atoms with Crippen molar-refractivity contribution in [2.75, 3.05) is 18.1 Å². The van der Waals surface area contributed by atoms with Gasteiger partial charge in [0.15, 0.2) is 5.78 Å². The molecule has 0 aromatic heterocycles. The van der Waals surface area contributed by atoms with Gasteiger partial charge in [0.2, 0.25) is 5.91 Å². The van der Waals surface area contributed by atoms with Crippen molar-refractivity contribution in [3.63, 3.8) is 0 Å². The van der Waals surface area contributed by atoms with Gasteiger partial charge in [0.25, 0.3) is 0 Å². The first kappa shape index (κ1) is 15.3. The molecule has 0 aromatic carbocycles. The average molecular weight is 259 g/mol. The van der Waals surface area contributed by atoms with Gasteiger partial charge in [0.05, 0.1) is 0 Å². The summed E-state index contributed by atoms with van der Waals surface area (Å²) in [6, 6.07) is 0. The third-order valence-electron chi connectivity index (χ3n) is 1.63. The molecule has 0 aliphatic carbocycles. The van der Waals surface area contributed by atoms with Crippen LogP contribution in [-0.4, -0.2) is 29.7 Å². The Labute approximate surface area is 105 Å². The first-order chi connectivity index (χ1) is 7.70. The van der Waals surface area contributed by atoms with Crippen LogP contribution in [0.2, 0.25) is 0 Å². The summed E-state index contributed by atoms with van der Waals surface area (Å²) < 4.78 is 0. The van der Waals surface area contributed by atoms with E-state index in [1.807, 2.05) is 0 Å². The number of rotatable bonds is 10. The Morgan fingerprint density at radius 1 is 1.12 bits per heavy atom. The lowest BCUT2D eigenvalue weighted by molar-refractivity contribution is -0.116. The second kappa shape index (κ2) is 10.8. The molecule has 0 atom stereocenters. The van der Waals surface area contributed by atoms with E-state index in [1.54, 1.807) is 21.6 Å². The van der Waals surface area contributed by atoms with E-state index in [0.29, 0.717) is 13.0 Å². The van der Waals surface area contributed by atoms with Gasteiger partial charge in [-0.3, -0.25) is 9.59 Å². The quantitative estimate of drug-likeness (QED) is 0.371. The van der Waals surface area contributed by atoms with Crippen molar-refractivity contribution < 1.29 is 9.59 Å². The van der Waals surface area contributed by atoms with Crippen LogP contribution >= 0.6 is 21.6 Å². The lowest BCUT2D eigenvalue weighted by Gasteiger charge is -2.01. The number of hydrogen-bond acceptors (Lipinski definition) is 4. The first-order valence-electron chi connectivity index (χ1n) is 5.00. The fourth-order valence-corrected chi connectivity index (χ4v) is 2.81. The van der Waals surface area contributed by atoms with Gasteiger partial charge in [-0.05, 0) is 18.6 Å². The molecule has 90 valence electrons. The Balaban J connectivity index is 3.15. The van der Waals surface area contributed by atoms with Gasteiger partial charge < -0.3 is 5.32 Å². The highest BCUT2D eigenvalue weighted by atomic mass is 33.1. The highest BCUT2D eigenvalue weighted by Crippen LogP contribution is 2.21. The van der Waals surface area contributed by atoms with E-state index in [1.165, 1.54) is 12.2 Å². The zero-order chi connectivity index (χ0) is 12.2. The summed E-state index contributed by atoms with van der Waals surface area (Å²) in [6.07, 6.45) is 4.08. The van der Waals surface area contributed by atoms with E-state index in [0.717, 1.165) is 17.9 Å². The molecule has 16 heavy (non-hydrogen) atoms. The molecule has 0 heterocycles. The molecule has 0 aliphatic heterocycles. The maximum atomic E-state index is 10.9. The number of ketones is 1. The highest BCUT2D eigenvalue weighted by molar-refractivity contribution is 8.76. The number of nitrogens with one attached hydrogen (secondary N) is 1. The number of allylic oxidation sites excluding steroid dienone is 1. The van der Waals surface area contributed by atoms with Crippen molar-refractivity contribution in [2.24, 2.45) is 0 Å². The first-order valence-corrected chi connectivity index (χ1v) is 7.49. The van der Waals surface area contributed by atoms with Gasteiger partial charge in [-0.1, -0.05) is 34.7 Å². The molecule has 0 saturated heterocycles. The normalized spacial score (nSPS) is 9.50. The minimum atomic E-state index is -0.137. The smallest absolute Gasteiger partial charge is 0.243 e. The molecule has 1 N–H and O–H groups in total. The average Bonchev–Trinajstić information content (AvgIpc) is 2.31. The standard InChI is InChI=1S/C11H17NO2S2/c1-3-10(13)6-5-8-15-16-9-7-12-11(14)4-2/h3-4H,1-2,5-9H2,(H,12,14). The molecule has 0 rings (SSSR count). The molecule has 0 aromatic rings. The topological polar surface area (TPSA) is 46.2 Å². The molecule has 5 heteroatoms. The zero-order valence-corrected chi connectivity index (χ0v) is 10.9. The van der Waals surface area contributed by atoms with Gasteiger partial charge in [-0.25, -0.2) is 0 Å². The van der Waals surface area contributed by atoms with Crippen molar-refractivity contribution >= 4 is 33.3 Å². The predicted octanol–water partition coefficient (Wildman–Crippen LogP) is 2.21. The van der Waals surface area contributed by atoms with Crippen LogP contribution in [0.4, 0.5) is 0 Å². The zero-order valence-electron chi connectivity index (χ0n) is 9.24. The van der Waals surface area contributed by atoms with Gasteiger partial charge in [0, 0.05) is 24.5 Å². The molecule has 0 radical (unpaired) electrons. The van der Waals surface area contributed by atoms with E-state index in [4.69, 9.17) is 0 Å². The van der Waals surface area contributed by atoms with Crippen LogP contribution in [0.25, 0.3) is 0 Å². The molecular formula is C11H17NO2S2. The summed E-state index contributed by atoms with van der Waals surface area (Å²) in [5, 5.41) is 2.69. The van der Waals surface area contributed by atoms with Crippen LogP contribution in [0, 0.1) is 0 Å². The Hall–Kier alpha value is -0.680. The number of carbonyl (C=O) groups excluding carboxylic acids is 2. The fourth-order valence-electron chi connectivity index (χ4n) is 0.813. The van der Waals surface area contributed by atoms with E-state index >= 15 is 0 Å². The van der Waals surface area contributed by atoms with Gasteiger partial charge in [-0.15, -0.1) is 0 Å². The molecule has 0 saturated carbocycles. The highest BCUT2D eigenvalue weighted by Gasteiger charge is 1.97. The van der Waals surface area contributed by atoms with Crippen LogP contribution in [-0.2, 0) is 9.59 Å². The minimum absolute atomic E-state index is 0.101. The van der Waals surface area contributed by atoms with Crippen molar-refractivity contribution in [1.29, 1.82) is 0 Å². The molecule has 0 unspecified atom stereocenters. The molecule has 0 bridgehead atoms. The second-order valence-corrected chi connectivity index (χ2v) is 5.62. The van der Waals surface area contributed by atoms with Crippen molar-refractivity contribution in [3.05, 3.63) is 25.3 Å². The summed E-state index contributed by atoms with van der Waals surface area (Å²) in [7, 11) is 3.41. The van der Waals surface area contributed by atoms with Crippen molar-refractivity contribution in [3.8, 4) is 0 Å². The summed E-state index contributed by atoms with van der Waals surface area (Å²) in [4.78, 5) is 21.6. The Morgan fingerprint density at radius 3 is 2.44 bits per heavy atom. The summed E-state index contributed by atoms with van der Waals surface area (Å²) in [5.41, 5.74) is 0. The molecule has 1 amide bonds. The van der Waals surface area contributed by atoms with Crippen LogP contribution in [0.5, 0.6) is 0 Å². The Bertz CT molecular complexity index is 228. The largest absolute Gasteiger partial charge is 0.352 e. The second-order valence-electron chi connectivity index (χ2n) is 2.91. The summed E-state index contributed by atoms with van der Waals surface area (Å²) in [5.74, 6) is 1.77. The van der Waals surface area contributed by atoms with E-state index in [-0.39, 0.29) is 11.7 Å². The molecular weight excluding hydrogens is 242 g/mol. The van der Waals surface area contributed by atoms with Gasteiger partial charge in [-0.2, -0.15) is 0 Å². The summed E-state index contributed by atoms with van der Waals surface area (Å²) in [6.45, 7) is 7.42. The van der Waals surface area contributed by atoms with Crippen LogP contribution < -0.4 is 5.32 Å². The lowest BCUT2D eigenvalue weighted by atomic mass is 10.2. The monoisotopic (exact) mass is 259 g/mol. The van der Waals surface area contributed by atoms with Crippen molar-refractivity contribution in [1.82, 2.24) is 5.32 Å². The van der Waals surface area contributed by atoms with E-state index < -0.39 is 0 Å². The van der Waals surface area contributed by atoms with Crippen LogP contribution in [0.1, 0.15) is 12.8 Å². The number of hydrogen-bond donors (Lipinski definition) is 1. The Morgan fingerprint density at radius 2 is 1.81 bits per heavy atom. The number of amides is 1. The molecule has 0 fully saturated rings. The molecule has 0 spiro atoms. The van der Waals surface area contributed by atoms with Gasteiger partial charge in [0.1, 0.15) is 0 Å². The minimum Gasteiger partial charge on any atom is -0.352 e. The summed E-state index contributed by atoms with van der Waals surface area (Å²) >= 11 is 0. The maximum Gasteiger partial charge on any atom is 0.243 e. The van der Waals surface area contributed by atoms with E-state index in [2.05, 4.69) is 18.5 Å². The Kier molecular flexibility index (Phi) is 10.4. The van der Waals surface area contributed by atoms with Crippen LogP contribution in [0.3, 0.4) is 0 Å². The predicted molar refractivity (Wildman–Crippen MR) is 72.6 cm³/mol. The maximum absolute atomic E-state index is 10.9.